The first kappa shape index (κ1) is 17.8. The Bertz CT molecular complexity index is 915. The van der Waals surface area contributed by atoms with Crippen LogP contribution in [0.4, 0.5) is 13.2 Å². The Kier molecular flexibility index (Phi) is 4.75. The van der Waals surface area contributed by atoms with Gasteiger partial charge in [-0.1, -0.05) is 23.7 Å². The number of hydrogen-bond donors (Lipinski definition) is 1. The number of nitrogens with zero attached hydrogens (tertiary/aromatic N) is 2. The van der Waals surface area contributed by atoms with Crippen molar-refractivity contribution in [1.82, 2.24) is 15.1 Å². The maximum absolute atomic E-state index is 12.2. The van der Waals surface area contributed by atoms with Crippen LogP contribution in [0.2, 0.25) is 5.02 Å². The third kappa shape index (κ3) is 4.13. The fourth-order valence-corrected chi connectivity index (χ4v) is 3.57. The molecule has 1 amide bonds. The molecule has 0 radical (unpaired) electrons. The highest BCUT2D eigenvalue weighted by molar-refractivity contribution is 7.20. The number of benzene rings is 1. The summed E-state index contributed by atoms with van der Waals surface area (Å²) in [4.78, 5) is 12.9. The van der Waals surface area contributed by atoms with E-state index in [1.54, 1.807) is 29.8 Å². The van der Waals surface area contributed by atoms with Crippen LogP contribution in [0, 0.1) is 6.92 Å². The normalized spacial score (nSPS) is 11.9. The molecule has 1 aromatic carbocycles. The molecule has 2 heterocycles. The average Bonchev–Trinajstić information content (AvgIpc) is 3.09. The van der Waals surface area contributed by atoms with Crippen LogP contribution in [-0.2, 0) is 6.54 Å². The predicted octanol–water partition coefficient (Wildman–Crippen LogP) is 4.40. The van der Waals surface area contributed by atoms with Gasteiger partial charge in [-0.2, -0.15) is 18.3 Å². The van der Waals surface area contributed by atoms with Gasteiger partial charge in [-0.15, -0.1) is 11.3 Å². The van der Waals surface area contributed by atoms with Crippen molar-refractivity contribution in [2.24, 2.45) is 0 Å². The molecule has 25 heavy (non-hydrogen) atoms. The molecular weight excluding hydrogens is 375 g/mol. The summed E-state index contributed by atoms with van der Waals surface area (Å²) in [6, 6.07) is 8.86. The van der Waals surface area contributed by atoms with Gasteiger partial charge in [-0.05, 0) is 30.7 Å². The molecule has 3 aromatic rings. The van der Waals surface area contributed by atoms with Crippen LogP contribution >= 0.6 is 22.9 Å². The lowest BCUT2D eigenvalue weighted by atomic mass is 10.2. The van der Waals surface area contributed by atoms with E-state index < -0.39 is 18.6 Å². The van der Waals surface area contributed by atoms with E-state index in [9.17, 15) is 18.0 Å². The Balaban J connectivity index is 1.85. The third-order valence-corrected chi connectivity index (χ3v) is 4.93. The number of aryl methyl sites for hydroxylation is 1. The summed E-state index contributed by atoms with van der Waals surface area (Å²) < 4.78 is 38.5. The number of nitrogens with one attached hydrogen (secondary N) is 1. The van der Waals surface area contributed by atoms with Crippen LogP contribution in [0.5, 0.6) is 0 Å². The summed E-state index contributed by atoms with van der Waals surface area (Å²) in [7, 11) is 0. The quantitative estimate of drug-likeness (QED) is 0.721. The molecule has 0 aliphatic rings. The van der Waals surface area contributed by atoms with Gasteiger partial charge in [0.25, 0.3) is 5.91 Å². The number of fused-ring (bicyclic) bond motifs is 1. The molecule has 0 spiro atoms. The van der Waals surface area contributed by atoms with E-state index >= 15 is 0 Å². The van der Waals surface area contributed by atoms with Crippen molar-refractivity contribution in [1.29, 1.82) is 0 Å². The minimum atomic E-state index is -4.44. The average molecular weight is 388 g/mol. The van der Waals surface area contributed by atoms with Gasteiger partial charge in [0, 0.05) is 10.4 Å². The number of hydrogen-bond acceptors (Lipinski definition) is 3. The number of thiophene rings is 1. The van der Waals surface area contributed by atoms with E-state index in [4.69, 9.17) is 11.6 Å². The van der Waals surface area contributed by atoms with Gasteiger partial charge in [0.05, 0.1) is 17.1 Å². The van der Waals surface area contributed by atoms with E-state index in [-0.39, 0.29) is 4.88 Å². The molecule has 1 N–H and O–H groups in total. The van der Waals surface area contributed by atoms with Crippen molar-refractivity contribution in [3.8, 4) is 0 Å². The maximum Gasteiger partial charge on any atom is 0.405 e. The lowest BCUT2D eigenvalue weighted by molar-refractivity contribution is -0.123. The Morgan fingerprint density at radius 3 is 2.64 bits per heavy atom. The van der Waals surface area contributed by atoms with Gasteiger partial charge in [-0.25, -0.2) is 0 Å². The predicted molar refractivity (Wildman–Crippen MR) is 91.3 cm³/mol. The molecule has 3 rings (SSSR count). The number of carbonyl (C=O) groups is 1. The molecule has 9 heteroatoms. The van der Waals surface area contributed by atoms with Crippen molar-refractivity contribution in [2.75, 3.05) is 6.54 Å². The Hall–Kier alpha value is -2.06. The SMILES string of the molecule is Cc1nn(Cc2ccc(Cl)cc2)c2sc(C(=O)NCC(F)(F)F)cc12. The highest BCUT2D eigenvalue weighted by Crippen LogP contribution is 2.29. The number of aromatic nitrogens is 2. The molecule has 0 bridgehead atoms. The molecule has 0 fully saturated rings. The van der Waals surface area contributed by atoms with E-state index in [2.05, 4.69) is 5.10 Å². The van der Waals surface area contributed by atoms with E-state index in [0.717, 1.165) is 32.8 Å². The lowest BCUT2D eigenvalue weighted by Crippen LogP contribution is -2.33. The first-order chi connectivity index (χ1) is 11.7. The molecule has 0 saturated heterocycles. The second kappa shape index (κ2) is 6.68. The van der Waals surface area contributed by atoms with Crippen molar-refractivity contribution >= 4 is 39.1 Å². The highest BCUT2D eigenvalue weighted by Gasteiger charge is 2.28. The summed E-state index contributed by atoms with van der Waals surface area (Å²) >= 11 is 6.99. The van der Waals surface area contributed by atoms with Crippen molar-refractivity contribution in [3.63, 3.8) is 0 Å². The first-order valence-electron chi connectivity index (χ1n) is 7.29. The standard InChI is InChI=1S/C16H13ClF3N3OS/c1-9-12-6-13(14(24)21-8-16(18,19)20)25-15(12)23(22-9)7-10-2-4-11(17)5-3-10/h2-6H,7-8H2,1H3,(H,21,24). The fourth-order valence-electron chi connectivity index (χ4n) is 2.36. The summed E-state index contributed by atoms with van der Waals surface area (Å²) in [6.45, 7) is 0.923. The monoisotopic (exact) mass is 387 g/mol. The number of carbonyl (C=O) groups excluding carboxylic acids is 1. The van der Waals surface area contributed by atoms with Gasteiger partial charge in [0.1, 0.15) is 11.4 Å². The fraction of sp³-hybridized carbons (Fsp3) is 0.250. The smallest absolute Gasteiger partial charge is 0.342 e. The van der Waals surface area contributed by atoms with Crippen molar-refractivity contribution < 1.29 is 18.0 Å². The van der Waals surface area contributed by atoms with Crippen molar-refractivity contribution in [3.05, 3.63) is 51.5 Å². The van der Waals surface area contributed by atoms with Crippen LogP contribution in [0.25, 0.3) is 10.2 Å². The van der Waals surface area contributed by atoms with E-state index in [0.29, 0.717) is 11.6 Å². The zero-order chi connectivity index (χ0) is 18.2. The summed E-state index contributed by atoms with van der Waals surface area (Å²) in [5, 5.41) is 7.71. The van der Waals surface area contributed by atoms with Gasteiger partial charge in [0.2, 0.25) is 0 Å². The second-order valence-electron chi connectivity index (χ2n) is 5.50. The lowest BCUT2D eigenvalue weighted by Gasteiger charge is -2.06. The molecule has 132 valence electrons. The van der Waals surface area contributed by atoms with Gasteiger partial charge >= 0.3 is 6.18 Å². The topological polar surface area (TPSA) is 46.9 Å². The number of halogens is 4. The molecule has 4 nitrogen and oxygen atoms in total. The second-order valence-corrected chi connectivity index (χ2v) is 6.96. The number of rotatable bonds is 4. The summed E-state index contributed by atoms with van der Waals surface area (Å²) in [5.74, 6) is -0.740. The maximum atomic E-state index is 12.2. The molecule has 0 saturated carbocycles. The molecule has 0 atom stereocenters. The van der Waals surface area contributed by atoms with Crippen LogP contribution in [0.1, 0.15) is 20.9 Å². The Labute approximate surface area is 150 Å². The summed E-state index contributed by atoms with van der Waals surface area (Å²) in [5.41, 5.74) is 1.69. The molecule has 2 aromatic heterocycles. The van der Waals surface area contributed by atoms with Crippen LogP contribution in [0.3, 0.4) is 0 Å². The Morgan fingerprint density at radius 1 is 1.32 bits per heavy atom. The zero-order valence-corrected chi connectivity index (χ0v) is 14.6. The number of alkyl halides is 3. The van der Waals surface area contributed by atoms with Crippen LogP contribution < -0.4 is 5.32 Å². The number of amides is 1. The first-order valence-corrected chi connectivity index (χ1v) is 8.49. The third-order valence-electron chi connectivity index (χ3n) is 3.53. The van der Waals surface area contributed by atoms with Crippen LogP contribution in [0.15, 0.2) is 30.3 Å². The minimum Gasteiger partial charge on any atom is -0.342 e. The molecule has 0 aliphatic heterocycles. The van der Waals surface area contributed by atoms with E-state index in [1.165, 1.54) is 0 Å². The Morgan fingerprint density at radius 2 is 2.00 bits per heavy atom. The molecular formula is C16H13ClF3N3OS. The van der Waals surface area contributed by atoms with E-state index in [1.807, 2.05) is 17.4 Å². The largest absolute Gasteiger partial charge is 0.405 e. The molecule has 0 unspecified atom stereocenters. The van der Waals surface area contributed by atoms with Crippen molar-refractivity contribution in [2.45, 2.75) is 19.6 Å². The minimum absolute atomic E-state index is 0.226. The van der Waals surface area contributed by atoms with Gasteiger partial charge in [0.15, 0.2) is 0 Å². The van der Waals surface area contributed by atoms with Crippen LogP contribution in [-0.4, -0.2) is 28.4 Å². The zero-order valence-electron chi connectivity index (χ0n) is 13.0. The van der Waals surface area contributed by atoms with Gasteiger partial charge < -0.3 is 5.32 Å². The summed E-state index contributed by atoms with van der Waals surface area (Å²) in [6.07, 6.45) is -4.44. The molecule has 0 aliphatic carbocycles. The van der Waals surface area contributed by atoms with Gasteiger partial charge in [-0.3, -0.25) is 9.48 Å². The highest BCUT2D eigenvalue weighted by atomic mass is 35.5.